The Morgan fingerprint density at radius 2 is 1.73 bits per heavy atom. The lowest BCUT2D eigenvalue weighted by Gasteiger charge is -2.11. The van der Waals surface area contributed by atoms with Crippen LogP contribution in [0.5, 0.6) is 5.88 Å². The maximum Gasteiger partial charge on any atom is 0.251 e. The highest BCUT2D eigenvalue weighted by molar-refractivity contribution is 5.94. The second kappa shape index (κ2) is 10.2. The highest BCUT2D eigenvalue weighted by Gasteiger charge is 2.12. The molecule has 0 atom stereocenters. The summed E-state index contributed by atoms with van der Waals surface area (Å²) in [7, 11) is 0. The molecule has 3 N–H and O–H groups in total. The molecule has 1 amide bonds. The molecule has 4 heterocycles. The average Bonchev–Trinajstić information content (AvgIpc) is 3.79. The number of rotatable bonds is 7. The number of amides is 1. The van der Waals surface area contributed by atoms with E-state index in [-0.39, 0.29) is 11.8 Å². The largest absolute Gasteiger partial charge is 0.494 e. The monoisotopic (exact) mass is 537 g/mol. The Balaban J connectivity index is 1.05. The normalized spacial score (nSPS) is 11.3. The van der Waals surface area contributed by atoms with Gasteiger partial charge in [-0.3, -0.25) is 9.20 Å². The third kappa shape index (κ3) is 4.74. The maximum absolute atomic E-state index is 12.9. The van der Waals surface area contributed by atoms with Crippen LogP contribution in [0.2, 0.25) is 0 Å². The molecule has 0 unspecified atom stereocenters. The van der Waals surface area contributed by atoms with E-state index in [2.05, 4.69) is 44.0 Å². The van der Waals surface area contributed by atoms with Gasteiger partial charge in [-0.05, 0) is 76.9 Å². The van der Waals surface area contributed by atoms with E-state index in [1.165, 1.54) is 0 Å². The fourth-order valence-electron chi connectivity index (χ4n) is 5.34. The summed E-state index contributed by atoms with van der Waals surface area (Å²) in [6.45, 7) is 0.456. The van der Waals surface area contributed by atoms with Gasteiger partial charge in [0, 0.05) is 66.0 Å². The number of benzene rings is 3. The molecule has 3 aromatic carbocycles. The van der Waals surface area contributed by atoms with Crippen molar-refractivity contribution in [2.75, 3.05) is 0 Å². The SMILES string of the molecule is O=C(NCc1cccc(-n2cccc2)c1)c1ccc(Cc2ccc(-c3ccc4c(O)[nH]cc4c3)n3ccnc23)cc1. The van der Waals surface area contributed by atoms with E-state index >= 15 is 0 Å². The third-order valence-electron chi connectivity index (χ3n) is 7.47. The highest BCUT2D eigenvalue weighted by atomic mass is 16.3. The topological polar surface area (TPSA) is 87.4 Å². The van der Waals surface area contributed by atoms with Crippen LogP contribution in [0, 0.1) is 0 Å². The number of nitrogens with zero attached hydrogens (tertiary/aromatic N) is 3. The predicted molar refractivity (Wildman–Crippen MR) is 160 cm³/mol. The van der Waals surface area contributed by atoms with Crippen molar-refractivity contribution in [2.24, 2.45) is 0 Å². The van der Waals surface area contributed by atoms with Gasteiger partial charge in [-0.2, -0.15) is 0 Å². The molecule has 0 radical (unpaired) electrons. The van der Waals surface area contributed by atoms with Crippen molar-refractivity contribution in [1.29, 1.82) is 0 Å². The van der Waals surface area contributed by atoms with Gasteiger partial charge in [0.15, 0.2) is 5.88 Å². The number of hydrogen-bond acceptors (Lipinski definition) is 3. The second-order valence-corrected chi connectivity index (χ2v) is 10.1. The van der Waals surface area contributed by atoms with Crippen LogP contribution in [0.25, 0.3) is 33.4 Å². The van der Waals surface area contributed by atoms with Crippen molar-refractivity contribution >= 4 is 22.3 Å². The molecule has 7 nitrogen and oxygen atoms in total. The van der Waals surface area contributed by atoms with Crippen molar-refractivity contribution in [3.8, 4) is 22.8 Å². The molecule has 4 aromatic heterocycles. The van der Waals surface area contributed by atoms with Crippen LogP contribution in [0.4, 0.5) is 0 Å². The first kappa shape index (κ1) is 24.5. The minimum Gasteiger partial charge on any atom is -0.494 e. The van der Waals surface area contributed by atoms with Crippen LogP contribution in [0.1, 0.15) is 27.0 Å². The van der Waals surface area contributed by atoms with E-state index in [0.717, 1.165) is 50.1 Å². The molecule has 41 heavy (non-hydrogen) atoms. The van der Waals surface area contributed by atoms with E-state index in [4.69, 9.17) is 0 Å². The zero-order chi connectivity index (χ0) is 27.8. The number of fused-ring (bicyclic) bond motifs is 2. The van der Waals surface area contributed by atoms with Gasteiger partial charge in [0.25, 0.3) is 5.91 Å². The van der Waals surface area contributed by atoms with Gasteiger partial charge in [-0.25, -0.2) is 4.98 Å². The second-order valence-electron chi connectivity index (χ2n) is 10.1. The van der Waals surface area contributed by atoms with Crippen LogP contribution in [0.3, 0.4) is 0 Å². The number of aromatic hydroxyl groups is 1. The fourth-order valence-corrected chi connectivity index (χ4v) is 5.34. The third-order valence-corrected chi connectivity index (χ3v) is 7.47. The molecule has 7 heteroatoms. The van der Waals surface area contributed by atoms with Crippen LogP contribution >= 0.6 is 0 Å². The van der Waals surface area contributed by atoms with Crippen molar-refractivity contribution in [3.05, 3.63) is 144 Å². The molecule has 7 aromatic rings. The first-order chi connectivity index (χ1) is 20.1. The molecule has 200 valence electrons. The summed E-state index contributed by atoms with van der Waals surface area (Å²) in [5, 5.41) is 14.7. The highest BCUT2D eigenvalue weighted by Crippen LogP contribution is 2.30. The van der Waals surface area contributed by atoms with E-state index < -0.39 is 0 Å². The van der Waals surface area contributed by atoms with Gasteiger partial charge in [-0.1, -0.05) is 36.4 Å². The van der Waals surface area contributed by atoms with Crippen LogP contribution in [0.15, 0.2) is 122 Å². The molecular formula is C34H27N5O2. The van der Waals surface area contributed by atoms with Gasteiger partial charge in [-0.15, -0.1) is 0 Å². The summed E-state index contributed by atoms with van der Waals surface area (Å²) in [5.41, 5.74) is 7.88. The predicted octanol–water partition coefficient (Wildman–Crippen LogP) is 6.50. The minimum absolute atomic E-state index is 0.101. The Bertz CT molecular complexity index is 2000. The molecule has 0 aliphatic carbocycles. The molecule has 0 saturated carbocycles. The van der Waals surface area contributed by atoms with Gasteiger partial charge >= 0.3 is 0 Å². The molecular weight excluding hydrogens is 510 g/mol. The summed E-state index contributed by atoms with van der Waals surface area (Å²) in [6.07, 6.45) is 10.3. The lowest BCUT2D eigenvalue weighted by Crippen LogP contribution is -2.22. The first-order valence-corrected chi connectivity index (χ1v) is 13.5. The number of imidazole rings is 1. The van der Waals surface area contributed by atoms with Gasteiger partial charge in [0.05, 0.1) is 5.69 Å². The molecule has 7 rings (SSSR count). The number of pyridine rings is 1. The number of H-pyrrole nitrogens is 1. The van der Waals surface area contributed by atoms with E-state index in [1.807, 2.05) is 96.1 Å². The Morgan fingerprint density at radius 3 is 2.59 bits per heavy atom. The zero-order valence-electron chi connectivity index (χ0n) is 22.2. The van der Waals surface area contributed by atoms with Crippen LogP contribution < -0.4 is 5.32 Å². The van der Waals surface area contributed by atoms with Gasteiger partial charge in [0.2, 0.25) is 0 Å². The van der Waals surface area contributed by atoms with Gasteiger partial charge in [0.1, 0.15) is 5.65 Å². The fraction of sp³-hybridized carbons (Fsp3) is 0.0588. The van der Waals surface area contributed by atoms with Crippen molar-refractivity contribution in [1.82, 2.24) is 24.3 Å². The molecule has 0 aliphatic rings. The molecule has 0 aliphatic heterocycles. The Hall–Kier alpha value is -5.56. The Morgan fingerprint density at radius 1 is 0.878 bits per heavy atom. The molecule has 0 bridgehead atoms. The lowest BCUT2D eigenvalue weighted by atomic mass is 10.0. The summed E-state index contributed by atoms with van der Waals surface area (Å²) < 4.78 is 4.14. The smallest absolute Gasteiger partial charge is 0.251 e. The molecule has 0 saturated heterocycles. The first-order valence-electron chi connectivity index (χ1n) is 13.5. The van der Waals surface area contributed by atoms with E-state index in [9.17, 15) is 9.90 Å². The zero-order valence-corrected chi connectivity index (χ0v) is 22.2. The number of aromatic amines is 1. The maximum atomic E-state index is 12.9. The van der Waals surface area contributed by atoms with Crippen LogP contribution in [-0.2, 0) is 13.0 Å². The van der Waals surface area contributed by atoms with Crippen LogP contribution in [-0.4, -0.2) is 29.9 Å². The van der Waals surface area contributed by atoms with Gasteiger partial charge < -0.3 is 20.0 Å². The minimum atomic E-state index is -0.101. The number of nitrogens with one attached hydrogen (secondary N) is 2. The van der Waals surface area contributed by atoms with Crippen molar-refractivity contribution in [3.63, 3.8) is 0 Å². The molecule has 0 fully saturated rings. The standard InChI is InChI=1S/C34H27N5O2/c40-33(36-21-24-4-3-5-29(19-24)38-15-1-2-16-38)25-8-6-23(7-9-25)18-27-11-13-31(39-17-14-35-32(27)39)26-10-12-30-28(20-26)22-37-34(30)41/h1-17,19-20,22,37,41H,18,21H2,(H,36,40). The summed E-state index contributed by atoms with van der Waals surface area (Å²) in [5.74, 6) is 0.0761. The molecule has 0 spiro atoms. The number of aromatic nitrogens is 4. The summed E-state index contributed by atoms with van der Waals surface area (Å²) >= 11 is 0. The number of carbonyl (C=O) groups excluding carboxylic acids is 1. The Labute approximate surface area is 236 Å². The Kier molecular flexibility index (Phi) is 6.09. The van der Waals surface area contributed by atoms with E-state index in [1.54, 1.807) is 6.20 Å². The van der Waals surface area contributed by atoms with Crippen molar-refractivity contribution < 1.29 is 9.90 Å². The van der Waals surface area contributed by atoms with E-state index in [0.29, 0.717) is 18.5 Å². The number of hydrogen-bond donors (Lipinski definition) is 3. The quantitative estimate of drug-likeness (QED) is 0.217. The summed E-state index contributed by atoms with van der Waals surface area (Å²) in [6, 6.07) is 30.1. The lowest BCUT2D eigenvalue weighted by molar-refractivity contribution is 0.0951. The number of carbonyl (C=O) groups is 1. The van der Waals surface area contributed by atoms with Crippen molar-refractivity contribution in [2.45, 2.75) is 13.0 Å². The summed E-state index contributed by atoms with van der Waals surface area (Å²) in [4.78, 5) is 20.4. The average molecular weight is 538 g/mol.